The van der Waals surface area contributed by atoms with Crippen LogP contribution in [0.1, 0.15) is 11.1 Å². The molecule has 0 aliphatic heterocycles. The van der Waals surface area contributed by atoms with Gasteiger partial charge >= 0.3 is 0 Å². The van der Waals surface area contributed by atoms with Crippen LogP contribution in [0.5, 0.6) is 0 Å². The molecular weight excluding hydrogens is 296 g/mol. The predicted molar refractivity (Wildman–Crippen MR) is 87.7 cm³/mol. The minimum Gasteiger partial charge on any atom is -0.255 e. The van der Waals surface area contributed by atoms with Crippen molar-refractivity contribution in [1.29, 1.82) is 0 Å². The molecule has 0 saturated carbocycles. The quantitative estimate of drug-likeness (QED) is 0.697. The van der Waals surface area contributed by atoms with Gasteiger partial charge in [-0.25, -0.2) is 0 Å². The maximum atomic E-state index is 12.4. The summed E-state index contributed by atoms with van der Waals surface area (Å²) in [7, 11) is -3.79. The predicted octanol–water partition coefficient (Wildman–Crippen LogP) is 3.35. The van der Waals surface area contributed by atoms with Crippen LogP contribution < -0.4 is 0 Å². The number of nitrogens with zero attached hydrogens (tertiary/aromatic N) is 2. The number of rotatable bonds is 3. The smallest absolute Gasteiger partial charge is 0.255 e. The summed E-state index contributed by atoms with van der Waals surface area (Å²) in [5.41, 5.74) is 2.28. The zero-order valence-electron chi connectivity index (χ0n) is 12.0. The SMILES string of the molecule is Cc1ccc(/C=N/S(=O)(=O)c2cccc3cccnc23)cc1. The summed E-state index contributed by atoms with van der Waals surface area (Å²) >= 11 is 0. The fourth-order valence-corrected chi connectivity index (χ4v) is 3.16. The average molecular weight is 310 g/mol. The Balaban J connectivity index is 2.03. The fourth-order valence-electron chi connectivity index (χ4n) is 2.12. The minimum atomic E-state index is -3.79. The second-order valence-electron chi connectivity index (χ2n) is 4.95. The molecule has 110 valence electrons. The van der Waals surface area contributed by atoms with Gasteiger partial charge in [0.2, 0.25) is 0 Å². The highest BCUT2D eigenvalue weighted by atomic mass is 32.2. The van der Waals surface area contributed by atoms with Crippen LogP contribution in [0.2, 0.25) is 0 Å². The largest absolute Gasteiger partial charge is 0.284 e. The Bertz CT molecular complexity index is 941. The van der Waals surface area contributed by atoms with Crippen molar-refractivity contribution in [2.24, 2.45) is 4.40 Å². The molecule has 0 aliphatic rings. The monoisotopic (exact) mass is 310 g/mol. The lowest BCUT2D eigenvalue weighted by Gasteiger charge is -2.03. The number of benzene rings is 2. The van der Waals surface area contributed by atoms with Crippen molar-refractivity contribution in [1.82, 2.24) is 4.98 Å². The van der Waals surface area contributed by atoms with Gasteiger partial charge in [0.25, 0.3) is 10.0 Å². The third-order valence-electron chi connectivity index (χ3n) is 3.29. The molecule has 0 radical (unpaired) electrons. The van der Waals surface area contributed by atoms with E-state index in [0.29, 0.717) is 5.52 Å². The first-order valence-corrected chi connectivity index (χ1v) is 8.21. The molecule has 0 fully saturated rings. The van der Waals surface area contributed by atoms with Gasteiger partial charge in [0.05, 0.1) is 5.52 Å². The number of hydrogen-bond donors (Lipinski definition) is 0. The Morgan fingerprint density at radius 2 is 1.73 bits per heavy atom. The lowest BCUT2D eigenvalue weighted by atomic mass is 10.2. The van der Waals surface area contributed by atoms with Crippen molar-refractivity contribution in [2.45, 2.75) is 11.8 Å². The third kappa shape index (κ3) is 2.89. The van der Waals surface area contributed by atoms with Gasteiger partial charge in [0.15, 0.2) is 0 Å². The maximum Gasteiger partial charge on any atom is 0.284 e. The van der Waals surface area contributed by atoms with E-state index in [1.54, 1.807) is 18.3 Å². The lowest BCUT2D eigenvalue weighted by Crippen LogP contribution is -2.00. The van der Waals surface area contributed by atoms with Crippen LogP contribution in [0, 0.1) is 6.92 Å². The molecule has 3 aromatic rings. The van der Waals surface area contributed by atoms with Gasteiger partial charge < -0.3 is 0 Å². The molecule has 1 heterocycles. The van der Waals surface area contributed by atoms with Crippen molar-refractivity contribution >= 4 is 27.1 Å². The van der Waals surface area contributed by atoms with Gasteiger partial charge in [-0.1, -0.05) is 48.0 Å². The van der Waals surface area contributed by atoms with Crippen LogP contribution in [0.25, 0.3) is 10.9 Å². The standard InChI is InChI=1S/C17H14N2O2S/c1-13-7-9-14(10-8-13)12-19-22(20,21)16-6-2-4-15-5-3-11-18-17(15)16/h2-12H,1H3/b19-12+. The molecule has 2 aromatic carbocycles. The van der Waals surface area contributed by atoms with Gasteiger partial charge in [0.1, 0.15) is 4.90 Å². The third-order valence-corrected chi connectivity index (χ3v) is 4.56. The number of hydrogen-bond acceptors (Lipinski definition) is 3. The van der Waals surface area contributed by atoms with Crippen LogP contribution in [-0.4, -0.2) is 19.6 Å². The molecular formula is C17H14N2O2S. The normalized spacial score (nSPS) is 12.0. The highest BCUT2D eigenvalue weighted by molar-refractivity contribution is 7.90. The van der Waals surface area contributed by atoms with Gasteiger partial charge in [0, 0.05) is 17.8 Å². The average Bonchev–Trinajstić information content (AvgIpc) is 2.54. The lowest BCUT2D eigenvalue weighted by molar-refractivity contribution is 0.599. The molecule has 0 unspecified atom stereocenters. The van der Waals surface area contributed by atoms with E-state index in [9.17, 15) is 8.42 Å². The van der Waals surface area contributed by atoms with Gasteiger partial charge in [-0.05, 0) is 24.6 Å². The molecule has 0 amide bonds. The molecule has 5 heteroatoms. The van der Waals surface area contributed by atoms with Crippen LogP contribution in [0.4, 0.5) is 0 Å². The Hall–Kier alpha value is -2.53. The second-order valence-corrected chi connectivity index (χ2v) is 6.55. The molecule has 1 aromatic heterocycles. The Labute approximate surface area is 129 Å². The molecule has 0 aliphatic carbocycles. The molecule has 0 atom stereocenters. The van der Waals surface area contributed by atoms with E-state index in [4.69, 9.17) is 0 Å². The zero-order chi connectivity index (χ0) is 15.6. The summed E-state index contributed by atoms with van der Waals surface area (Å²) in [4.78, 5) is 4.28. The Morgan fingerprint density at radius 1 is 1.00 bits per heavy atom. The van der Waals surface area contributed by atoms with E-state index in [1.165, 1.54) is 12.3 Å². The molecule has 4 nitrogen and oxygen atoms in total. The first-order chi connectivity index (χ1) is 10.6. The molecule has 0 N–H and O–H groups in total. The summed E-state index contributed by atoms with van der Waals surface area (Å²) in [6, 6.07) is 16.1. The fraction of sp³-hybridized carbons (Fsp3) is 0.0588. The van der Waals surface area contributed by atoms with E-state index in [2.05, 4.69) is 9.38 Å². The minimum absolute atomic E-state index is 0.119. The van der Waals surface area contributed by atoms with Crippen molar-refractivity contribution in [3.05, 3.63) is 71.9 Å². The number of aromatic nitrogens is 1. The first kappa shape index (κ1) is 14.4. The number of aryl methyl sites for hydroxylation is 1. The number of pyridine rings is 1. The number of para-hydroxylation sites is 1. The Morgan fingerprint density at radius 3 is 2.50 bits per heavy atom. The topological polar surface area (TPSA) is 59.4 Å². The molecule has 0 spiro atoms. The van der Waals surface area contributed by atoms with Crippen LogP contribution in [0.15, 0.2) is 70.1 Å². The number of sulfonamides is 1. The summed E-state index contributed by atoms with van der Waals surface area (Å²) in [5, 5.41) is 0.772. The maximum absolute atomic E-state index is 12.4. The van der Waals surface area contributed by atoms with Crippen molar-refractivity contribution in [2.75, 3.05) is 0 Å². The van der Waals surface area contributed by atoms with E-state index >= 15 is 0 Å². The van der Waals surface area contributed by atoms with Gasteiger partial charge in [-0.3, -0.25) is 4.98 Å². The van der Waals surface area contributed by atoms with Crippen LogP contribution in [0.3, 0.4) is 0 Å². The first-order valence-electron chi connectivity index (χ1n) is 6.77. The van der Waals surface area contributed by atoms with E-state index in [0.717, 1.165) is 16.5 Å². The zero-order valence-corrected chi connectivity index (χ0v) is 12.8. The van der Waals surface area contributed by atoms with E-state index < -0.39 is 10.0 Å². The van der Waals surface area contributed by atoms with E-state index in [1.807, 2.05) is 43.3 Å². The second kappa shape index (κ2) is 5.69. The molecule has 22 heavy (non-hydrogen) atoms. The van der Waals surface area contributed by atoms with Gasteiger partial charge in [-0.15, -0.1) is 0 Å². The van der Waals surface area contributed by atoms with E-state index in [-0.39, 0.29) is 4.90 Å². The summed E-state index contributed by atoms with van der Waals surface area (Å²) in [6.07, 6.45) is 2.93. The van der Waals surface area contributed by atoms with Crippen molar-refractivity contribution in [3.63, 3.8) is 0 Å². The summed E-state index contributed by atoms with van der Waals surface area (Å²) < 4.78 is 28.7. The molecule has 0 saturated heterocycles. The molecule has 0 bridgehead atoms. The number of fused-ring (bicyclic) bond motifs is 1. The van der Waals surface area contributed by atoms with Gasteiger partial charge in [-0.2, -0.15) is 12.8 Å². The van der Waals surface area contributed by atoms with Crippen molar-refractivity contribution < 1.29 is 8.42 Å². The Kier molecular flexibility index (Phi) is 3.73. The highest BCUT2D eigenvalue weighted by Crippen LogP contribution is 2.22. The highest BCUT2D eigenvalue weighted by Gasteiger charge is 2.16. The van der Waals surface area contributed by atoms with Crippen molar-refractivity contribution in [3.8, 4) is 0 Å². The summed E-state index contributed by atoms with van der Waals surface area (Å²) in [6.45, 7) is 1.97. The molecule has 3 rings (SSSR count). The van der Waals surface area contributed by atoms with Crippen LogP contribution >= 0.6 is 0 Å². The summed E-state index contributed by atoms with van der Waals surface area (Å²) in [5.74, 6) is 0. The van der Waals surface area contributed by atoms with Crippen LogP contribution in [-0.2, 0) is 10.0 Å².